The minimum atomic E-state index is -0.546. The number of thiophene rings is 1. The van der Waals surface area contributed by atoms with Gasteiger partial charge in [-0.25, -0.2) is 0 Å². The molecule has 0 aromatic carbocycles. The molecule has 2 aromatic rings. The number of carbonyl (C=O) groups excluding carboxylic acids is 2. The maximum absolute atomic E-state index is 12.1. The third-order valence-electron chi connectivity index (χ3n) is 3.51. The molecule has 0 unspecified atom stereocenters. The zero-order chi connectivity index (χ0) is 15.9. The number of nitrogens with two attached hydrogens (primary N) is 1. The Bertz CT molecular complexity index is 734. The Morgan fingerprint density at radius 1 is 1.50 bits per heavy atom. The van der Waals surface area contributed by atoms with Gasteiger partial charge in [-0.3, -0.25) is 14.7 Å². The summed E-state index contributed by atoms with van der Waals surface area (Å²) in [6, 6.07) is 1.55. The van der Waals surface area contributed by atoms with Crippen LogP contribution in [0.3, 0.4) is 0 Å². The van der Waals surface area contributed by atoms with Crippen LogP contribution in [0.2, 0.25) is 0 Å². The highest BCUT2D eigenvalue weighted by Crippen LogP contribution is 2.40. The van der Waals surface area contributed by atoms with Gasteiger partial charge in [0.15, 0.2) is 0 Å². The van der Waals surface area contributed by atoms with Gasteiger partial charge >= 0.3 is 0 Å². The quantitative estimate of drug-likeness (QED) is 0.799. The number of primary amides is 1. The van der Waals surface area contributed by atoms with E-state index in [4.69, 9.17) is 10.5 Å². The van der Waals surface area contributed by atoms with E-state index in [0.29, 0.717) is 29.3 Å². The van der Waals surface area contributed by atoms with Gasteiger partial charge in [0.1, 0.15) is 10.7 Å². The van der Waals surface area contributed by atoms with Gasteiger partial charge in [0.25, 0.3) is 11.8 Å². The van der Waals surface area contributed by atoms with Crippen molar-refractivity contribution in [2.75, 3.05) is 5.32 Å². The summed E-state index contributed by atoms with van der Waals surface area (Å²) in [6.07, 6.45) is 2.07. The number of amides is 2. The predicted octanol–water partition coefficient (Wildman–Crippen LogP) is 1.67. The van der Waals surface area contributed by atoms with Crippen LogP contribution in [0.25, 0.3) is 0 Å². The Balaban J connectivity index is 1.97. The molecule has 0 bridgehead atoms. The molecule has 0 saturated carbocycles. The number of H-pyrrole nitrogens is 1. The Morgan fingerprint density at radius 3 is 2.91 bits per heavy atom. The maximum Gasteiger partial charge on any atom is 0.274 e. The van der Waals surface area contributed by atoms with Crippen LogP contribution >= 0.6 is 11.3 Å². The van der Waals surface area contributed by atoms with E-state index in [1.165, 1.54) is 17.5 Å². The van der Waals surface area contributed by atoms with Crippen LogP contribution in [-0.2, 0) is 17.8 Å². The van der Waals surface area contributed by atoms with E-state index in [2.05, 4.69) is 15.5 Å². The SMILES string of the molecule is CC1(C)Cc2c(sc(NC(=O)c3ccn[nH]3)c2C(N)=O)CO1. The van der Waals surface area contributed by atoms with E-state index in [1.54, 1.807) is 6.07 Å². The zero-order valence-corrected chi connectivity index (χ0v) is 13.0. The molecule has 3 heterocycles. The van der Waals surface area contributed by atoms with Crippen LogP contribution in [0.4, 0.5) is 5.00 Å². The summed E-state index contributed by atoms with van der Waals surface area (Å²) in [7, 11) is 0. The fourth-order valence-corrected chi connectivity index (χ4v) is 3.59. The highest BCUT2D eigenvalue weighted by atomic mass is 32.1. The zero-order valence-electron chi connectivity index (χ0n) is 12.2. The van der Waals surface area contributed by atoms with E-state index < -0.39 is 5.91 Å². The number of ether oxygens (including phenoxy) is 1. The largest absolute Gasteiger partial charge is 0.370 e. The van der Waals surface area contributed by atoms with Gasteiger partial charge < -0.3 is 15.8 Å². The summed E-state index contributed by atoms with van der Waals surface area (Å²) in [4.78, 5) is 24.9. The average Bonchev–Trinajstić information content (AvgIpc) is 3.04. The molecule has 116 valence electrons. The lowest BCUT2D eigenvalue weighted by molar-refractivity contribution is -0.0383. The lowest BCUT2D eigenvalue weighted by Crippen LogP contribution is -2.32. The van der Waals surface area contributed by atoms with E-state index in [0.717, 1.165) is 10.4 Å². The van der Waals surface area contributed by atoms with Crippen LogP contribution in [0, 0.1) is 0 Å². The lowest BCUT2D eigenvalue weighted by Gasteiger charge is -2.30. The molecule has 22 heavy (non-hydrogen) atoms. The van der Waals surface area contributed by atoms with Gasteiger partial charge in [0.2, 0.25) is 0 Å². The van der Waals surface area contributed by atoms with E-state index in [1.807, 2.05) is 13.8 Å². The molecule has 1 aliphatic heterocycles. The van der Waals surface area contributed by atoms with Crippen molar-refractivity contribution < 1.29 is 14.3 Å². The fourth-order valence-electron chi connectivity index (χ4n) is 2.45. The third-order valence-corrected chi connectivity index (χ3v) is 4.63. The molecule has 0 atom stereocenters. The molecular formula is C14H16N4O3S. The summed E-state index contributed by atoms with van der Waals surface area (Å²) in [5.41, 5.74) is 6.73. The van der Waals surface area contributed by atoms with Gasteiger partial charge in [-0.1, -0.05) is 0 Å². The maximum atomic E-state index is 12.1. The second kappa shape index (κ2) is 5.22. The Kier molecular flexibility index (Phi) is 3.50. The molecule has 0 aliphatic carbocycles. The van der Waals surface area contributed by atoms with Crippen LogP contribution < -0.4 is 11.1 Å². The number of nitrogens with one attached hydrogen (secondary N) is 2. The van der Waals surface area contributed by atoms with E-state index in [9.17, 15) is 9.59 Å². The van der Waals surface area contributed by atoms with Crippen LogP contribution in [0.15, 0.2) is 12.3 Å². The van der Waals surface area contributed by atoms with Gasteiger partial charge in [0.05, 0.1) is 17.8 Å². The fraction of sp³-hybridized carbons (Fsp3) is 0.357. The predicted molar refractivity (Wildman–Crippen MR) is 81.9 cm³/mol. The minimum absolute atomic E-state index is 0.318. The van der Waals surface area contributed by atoms with Crippen molar-refractivity contribution in [3.63, 3.8) is 0 Å². The number of hydrogen-bond acceptors (Lipinski definition) is 5. The van der Waals surface area contributed by atoms with Crippen molar-refractivity contribution in [3.05, 3.63) is 34.0 Å². The van der Waals surface area contributed by atoms with E-state index >= 15 is 0 Å². The first-order valence-electron chi connectivity index (χ1n) is 6.76. The van der Waals surface area contributed by atoms with Crippen molar-refractivity contribution in [1.29, 1.82) is 0 Å². The number of nitrogens with zero attached hydrogens (tertiary/aromatic N) is 1. The molecule has 4 N–H and O–H groups in total. The second-order valence-corrected chi connectivity index (χ2v) is 6.83. The van der Waals surface area contributed by atoms with Crippen LogP contribution in [-0.4, -0.2) is 27.6 Å². The van der Waals surface area contributed by atoms with Crippen LogP contribution in [0.1, 0.15) is 45.1 Å². The lowest BCUT2D eigenvalue weighted by atomic mass is 9.93. The van der Waals surface area contributed by atoms with Gasteiger partial charge in [-0.05, 0) is 25.5 Å². The molecule has 2 amide bonds. The van der Waals surface area contributed by atoms with Crippen molar-refractivity contribution in [2.24, 2.45) is 5.73 Å². The van der Waals surface area contributed by atoms with Gasteiger partial charge in [0, 0.05) is 17.5 Å². The molecule has 0 saturated heterocycles. The number of anilines is 1. The molecule has 0 fully saturated rings. The molecule has 0 radical (unpaired) electrons. The van der Waals surface area contributed by atoms with E-state index in [-0.39, 0.29) is 11.5 Å². The van der Waals surface area contributed by atoms with Gasteiger partial charge in [-0.15, -0.1) is 11.3 Å². The molecule has 8 heteroatoms. The number of aromatic amines is 1. The first-order chi connectivity index (χ1) is 10.4. The summed E-state index contributed by atoms with van der Waals surface area (Å²) >= 11 is 1.32. The van der Waals surface area contributed by atoms with Crippen LogP contribution in [0.5, 0.6) is 0 Å². The third kappa shape index (κ3) is 2.62. The number of aromatic nitrogens is 2. The molecular weight excluding hydrogens is 304 g/mol. The van der Waals surface area contributed by atoms with Crippen molar-refractivity contribution in [1.82, 2.24) is 10.2 Å². The van der Waals surface area contributed by atoms with Crippen molar-refractivity contribution in [2.45, 2.75) is 32.5 Å². The Morgan fingerprint density at radius 2 is 2.27 bits per heavy atom. The summed E-state index contributed by atoms with van der Waals surface area (Å²) < 4.78 is 5.75. The molecule has 3 rings (SSSR count). The number of hydrogen-bond donors (Lipinski definition) is 3. The van der Waals surface area contributed by atoms with Crippen molar-refractivity contribution in [3.8, 4) is 0 Å². The van der Waals surface area contributed by atoms with Crippen molar-refractivity contribution >= 4 is 28.2 Å². The Labute approximate surface area is 130 Å². The number of rotatable bonds is 3. The summed E-state index contributed by atoms with van der Waals surface area (Å²) in [5, 5.41) is 9.50. The normalized spacial score (nSPS) is 16.1. The average molecular weight is 320 g/mol. The standard InChI is InChI=1S/C14H16N4O3S/c1-14(2)5-7-9(6-21-14)22-13(10(7)11(15)19)17-12(20)8-3-4-16-18-8/h3-4H,5-6H2,1-2H3,(H2,15,19)(H,16,18)(H,17,20). The second-order valence-electron chi connectivity index (χ2n) is 5.72. The smallest absolute Gasteiger partial charge is 0.274 e. The minimum Gasteiger partial charge on any atom is -0.370 e. The first-order valence-corrected chi connectivity index (χ1v) is 7.58. The molecule has 2 aromatic heterocycles. The highest BCUT2D eigenvalue weighted by molar-refractivity contribution is 7.17. The molecule has 0 spiro atoms. The highest BCUT2D eigenvalue weighted by Gasteiger charge is 2.33. The monoisotopic (exact) mass is 320 g/mol. The topological polar surface area (TPSA) is 110 Å². The molecule has 7 nitrogen and oxygen atoms in total. The number of carbonyl (C=O) groups is 2. The summed E-state index contributed by atoms with van der Waals surface area (Å²) in [6.45, 7) is 4.33. The Hall–Kier alpha value is -2.19. The van der Waals surface area contributed by atoms with Gasteiger partial charge in [-0.2, -0.15) is 5.10 Å². The number of fused-ring (bicyclic) bond motifs is 1. The first kappa shape index (κ1) is 14.7. The summed E-state index contributed by atoms with van der Waals surface area (Å²) in [5.74, 6) is -0.908. The molecule has 1 aliphatic rings.